The third-order valence-corrected chi connectivity index (χ3v) is 6.36. The van der Waals surface area contributed by atoms with E-state index in [0.29, 0.717) is 41.9 Å². The SMILES string of the molecule is CN(C)[C@H]1CCN(C(=O)c2nc(-c3ccc(C#N)c(F)c3)[nH]c2-c2ccc3nn(C)cc3c2)C1. The number of likely N-dealkylation sites (N-methyl/N-ethyl adjacent to an activating group) is 1. The van der Waals surface area contributed by atoms with Crippen molar-refractivity contribution in [1.29, 1.82) is 5.26 Å². The summed E-state index contributed by atoms with van der Waals surface area (Å²) in [5.41, 5.74) is 2.93. The molecule has 1 fully saturated rings. The van der Waals surface area contributed by atoms with Crippen molar-refractivity contribution in [3.05, 3.63) is 59.7 Å². The van der Waals surface area contributed by atoms with Gasteiger partial charge in [-0.15, -0.1) is 0 Å². The molecule has 1 aliphatic rings. The van der Waals surface area contributed by atoms with E-state index in [4.69, 9.17) is 5.26 Å². The number of benzene rings is 2. The number of nitriles is 1. The summed E-state index contributed by atoms with van der Waals surface area (Å²) < 4.78 is 16.1. The minimum absolute atomic E-state index is 0.0411. The largest absolute Gasteiger partial charge is 0.337 e. The van der Waals surface area contributed by atoms with E-state index in [9.17, 15) is 9.18 Å². The average Bonchev–Trinajstić information content (AvgIpc) is 3.55. The summed E-state index contributed by atoms with van der Waals surface area (Å²) in [6, 6.07) is 12.2. The molecule has 0 spiro atoms. The Labute approximate surface area is 196 Å². The van der Waals surface area contributed by atoms with E-state index in [0.717, 1.165) is 22.9 Å². The zero-order valence-electron chi connectivity index (χ0n) is 19.2. The smallest absolute Gasteiger partial charge is 0.274 e. The predicted octanol–water partition coefficient (Wildman–Crippen LogP) is 3.42. The highest BCUT2D eigenvalue weighted by Crippen LogP contribution is 2.31. The van der Waals surface area contributed by atoms with Gasteiger partial charge in [0.2, 0.25) is 0 Å². The van der Waals surface area contributed by atoms with Crippen molar-refractivity contribution >= 4 is 16.8 Å². The number of likely N-dealkylation sites (tertiary alicyclic amines) is 1. The van der Waals surface area contributed by atoms with E-state index in [2.05, 4.69) is 20.0 Å². The van der Waals surface area contributed by atoms with Crippen LogP contribution in [-0.4, -0.2) is 68.7 Å². The van der Waals surface area contributed by atoms with Gasteiger partial charge in [-0.2, -0.15) is 10.4 Å². The minimum atomic E-state index is -0.629. The first kappa shape index (κ1) is 21.8. The van der Waals surface area contributed by atoms with E-state index in [1.807, 2.05) is 56.5 Å². The fourth-order valence-corrected chi connectivity index (χ4v) is 4.43. The topological polar surface area (TPSA) is 93.8 Å². The Balaban J connectivity index is 1.60. The highest BCUT2D eigenvalue weighted by atomic mass is 19.1. The van der Waals surface area contributed by atoms with Gasteiger partial charge in [-0.05, 0) is 50.8 Å². The highest BCUT2D eigenvalue weighted by molar-refractivity contribution is 6.00. The lowest BCUT2D eigenvalue weighted by atomic mass is 10.1. The first-order chi connectivity index (χ1) is 16.3. The molecule has 1 N–H and O–H groups in total. The summed E-state index contributed by atoms with van der Waals surface area (Å²) in [7, 11) is 5.88. The molecule has 0 aliphatic carbocycles. The van der Waals surface area contributed by atoms with Crippen LogP contribution in [0.25, 0.3) is 33.5 Å². The fourth-order valence-electron chi connectivity index (χ4n) is 4.43. The van der Waals surface area contributed by atoms with E-state index in [1.165, 1.54) is 12.1 Å². The van der Waals surface area contributed by atoms with Crippen LogP contribution in [0.15, 0.2) is 42.6 Å². The third kappa shape index (κ3) is 3.82. The van der Waals surface area contributed by atoms with Crippen LogP contribution in [0.4, 0.5) is 4.39 Å². The molecule has 0 unspecified atom stereocenters. The molecule has 0 saturated carbocycles. The van der Waals surface area contributed by atoms with Crippen LogP contribution in [0.1, 0.15) is 22.5 Å². The molecule has 8 nitrogen and oxygen atoms in total. The molecular weight excluding hydrogens is 433 g/mol. The molecule has 0 bridgehead atoms. The number of amides is 1. The number of aromatic nitrogens is 4. The standard InChI is InChI=1S/C25H24FN7O/c1-31(2)19-8-9-33(14-19)25(34)23-22(15-6-7-21-18(10-15)13-32(3)30-21)28-24(29-23)16-4-5-17(12-27)20(26)11-16/h4-7,10-11,13,19H,8-9,14H2,1-3H3,(H,28,29)/t19-/m0/s1. The van der Waals surface area contributed by atoms with Gasteiger partial charge in [-0.3, -0.25) is 9.48 Å². The fraction of sp³-hybridized carbons (Fsp3) is 0.280. The van der Waals surface area contributed by atoms with Crippen LogP contribution in [0.3, 0.4) is 0 Å². The van der Waals surface area contributed by atoms with E-state index < -0.39 is 5.82 Å². The number of rotatable bonds is 4. The van der Waals surface area contributed by atoms with Gasteiger partial charge in [-0.25, -0.2) is 9.37 Å². The number of imidazole rings is 1. The van der Waals surface area contributed by atoms with Crippen molar-refractivity contribution in [2.45, 2.75) is 12.5 Å². The molecule has 5 rings (SSSR count). The van der Waals surface area contributed by atoms with Crippen LogP contribution in [0, 0.1) is 17.1 Å². The first-order valence-corrected chi connectivity index (χ1v) is 11.0. The van der Waals surface area contributed by atoms with Gasteiger partial charge in [-0.1, -0.05) is 6.07 Å². The molecule has 172 valence electrons. The van der Waals surface area contributed by atoms with E-state index in [1.54, 1.807) is 10.7 Å². The first-order valence-electron chi connectivity index (χ1n) is 11.0. The average molecular weight is 458 g/mol. The second-order valence-electron chi connectivity index (χ2n) is 8.85. The van der Waals surface area contributed by atoms with Gasteiger partial charge in [0.1, 0.15) is 17.7 Å². The molecule has 3 heterocycles. The second-order valence-corrected chi connectivity index (χ2v) is 8.85. The zero-order chi connectivity index (χ0) is 24.0. The molecule has 1 amide bonds. The van der Waals surface area contributed by atoms with Gasteiger partial charge in [0, 0.05) is 48.9 Å². The molecule has 9 heteroatoms. The van der Waals surface area contributed by atoms with Crippen molar-refractivity contribution in [2.24, 2.45) is 7.05 Å². The number of aromatic amines is 1. The molecular formula is C25H24FN7O. The Hall–Kier alpha value is -4.03. The van der Waals surface area contributed by atoms with Gasteiger partial charge in [0.25, 0.3) is 5.91 Å². The number of hydrogen-bond acceptors (Lipinski definition) is 5. The summed E-state index contributed by atoms with van der Waals surface area (Å²) in [6.45, 7) is 1.27. The summed E-state index contributed by atoms with van der Waals surface area (Å²) in [4.78, 5) is 25.4. The third-order valence-electron chi connectivity index (χ3n) is 6.36. The van der Waals surface area contributed by atoms with Crippen molar-refractivity contribution in [1.82, 2.24) is 29.5 Å². The number of halogens is 1. The number of hydrogen-bond donors (Lipinski definition) is 1. The van der Waals surface area contributed by atoms with Crippen molar-refractivity contribution in [3.8, 4) is 28.7 Å². The van der Waals surface area contributed by atoms with Crippen LogP contribution in [0.5, 0.6) is 0 Å². The van der Waals surface area contributed by atoms with Crippen molar-refractivity contribution < 1.29 is 9.18 Å². The number of carbonyl (C=O) groups is 1. The Kier molecular flexibility index (Phi) is 5.38. The predicted molar refractivity (Wildman–Crippen MR) is 126 cm³/mol. The second kappa shape index (κ2) is 8.39. The van der Waals surface area contributed by atoms with Gasteiger partial charge < -0.3 is 14.8 Å². The van der Waals surface area contributed by atoms with Crippen LogP contribution < -0.4 is 0 Å². The minimum Gasteiger partial charge on any atom is -0.337 e. The summed E-state index contributed by atoms with van der Waals surface area (Å²) >= 11 is 0. The zero-order valence-corrected chi connectivity index (χ0v) is 19.2. The molecule has 34 heavy (non-hydrogen) atoms. The Morgan fingerprint density at radius 1 is 1.24 bits per heavy atom. The van der Waals surface area contributed by atoms with Crippen LogP contribution in [-0.2, 0) is 7.05 Å². The molecule has 1 saturated heterocycles. The van der Waals surface area contributed by atoms with Crippen molar-refractivity contribution in [2.75, 3.05) is 27.2 Å². The number of nitrogens with zero attached hydrogens (tertiary/aromatic N) is 6. The van der Waals surface area contributed by atoms with Gasteiger partial charge in [0.05, 0.1) is 16.8 Å². The molecule has 4 aromatic rings. The molecule has 0 radical (unpaired) electrons. The Morgan fingerprint density at radius 2 is 2.03 bits per heavy atom. The molecule has 1 aliphatic heterocycles. The van der Waals surface area contributed by atoms with Gasteiger partial charge in [0.15, 0.2) is 5.69 Å². The Bertz CT molecular complexity index is 1450. The Morgan fingerprint density at radius 3 is 2.74 bits per heavy atom. The number of fused-ring (bicyclic) bond motifs is 1. The lowest BCUT2D eigenvalue weighted by Crippen LogP contribution is -2.34. The van der Waals surface area contributed by atoms with Crippen LogP contribution in [0.2, 0.25) is 0 Å². The quantitative estimate of drug-likeness (QED) is 0.507. The lowest BCUT2D eigenvalue weighted by molar-refractivity contribution is 0.0778. The summed E-state index contributed by atoms with van der Waals surface area (Å²) in [6.07, 6.45) is 2.81. The monoisotopic (exact) mass is 457 g/mol. The normalized spacial score (nSPS) is 15.9. The summed E-state index contributed by atoms with van der Waals surface area (Å²) in [5, 5.41) is 14.4. The number of aryl methyl sites for hydroxylation is 1. The lowest BCUT2D eigenvalue weighted by Gasteiger charge is -2.20. The maximum absolute atomic E-state index is 14.3. The maximum Gasteiger partial charge on any atom is 0.274 e. The number of H-pyrrole nitrogens is 1. The number of carbonyl (C=O) groups excluding carboxylic acids is 1. The van der Waals surface area contributed by atoms with Gasteiger partial charge >= 0.3 is 0 Å². The van der Waals surface area contributed by atoms with Crippen LogP contribution >= 0.6 is 0 Å². The maximum atomic E-state index is 14.3. The molecule has 1 atom stereocenters. The highest BCUT2D eigenvalue weighted by Gasteiger charge is 2.31. The van der Waals surface area contributed by atoms with E-state index in [-0.39, 0.29) is 11.5 Å². The van der Waals surface area contributed by atoms with Crippen molar-refractivity contribution in [3.63, 3.8) is 0 Å². The number of nitrogens with one attached hydrogen (secondary N) is 1. The molecule has 2 aromatic heterocycles. The van der Waals surface area contributed by atoms with E-state index >= 15 is 0 Å². The summed E-state index contributed by atoms with van der Waals surface area (Å²) in [5.74, 6) is -0.422. The molecule has 2 aromatic carbocycles.